The van der Waals surface area contributed by atoms with Crippen LogP contribution in [0.1, 0.15) is 51.7 Å². The quantitative estimate of drug-likeness (QED) is 0.656. The normalized spacial score (nSPS) is 19.0. The first-order valence-electron chi connectivity index (χ1n) is 7.67. The molecule has 1 radical (unpaired) electrons. The molecule has 0 aliphatic heterocycles. The van der Waals surface area contributed by atoms with Gasteiger partial charge in [0, 0.05) is 9.79 Å². The van der Waals surface area contributed by atoms with Crippen LogP contribution >= 0.6 is 11.8 Å². The van der Waals surface area contributed by atoms with E-state index in [1.54, 1.807) is 0 Å². The Morgan fingerprint density at radius 2 is 1.62 bits per heavy atom. The molecule has 0 fully saturated rings. The zero-order valence-electron chi connectivity index (χ0n) is 13.4. The van der Waals surface area contributed by atoms with Gasteiger partial charge in [0.25, 0.3) is 0 Å². The Hall–Kier alpha value is -1.21. The number of hydrogen-bond donors (Lipinski definition) is 0. The first-order chi connectivity index (χ1) is 9.88. The van der Waals surface area contributed by atoms with E-state index in [1.165, 1.54) is 33.8 Å². The zero-order chi connectivity index (χ0) is 15.1. The van der Waals surface area contributed by atoms with Crippen molar-refractivity contribution in [3.05, 3.63) is 59.7 Å². The second kappa shape index (κ2) is 5.21. The van der Waals surface area contributed by atoms with Gasteiger partial charge in [-0.3, -0.25) is 0 Å². The summed E-state index contributed by atoms with van der Waals surface area (Å²) in [6.07, 6.45) is 2.54. The fourth-order valence-electron chi connectivity index (χ4n) is 3.21. The van der Waals surface area contributed by atoms with Crippen LogP contribution in [0.2, 0.25) is 0 Å². The minimum Gasteiger partial charge on any atom is -0.0901 e. The van der Waals surface area contributed by atoms with Crippen LogP contribution in [-0.2, 0) is 10.8 Å². The average Bonchev–Trinajstić information content (AvgIpc) is 2.45. The molecule has 1 aliphatic rings. The van der Waals surface area contributed by atoms with Crippen LogP contribution < -0.4 is 0 Å². The molecular weight excluding hydrogens is 272 g/mol. The molecule has 3 rings (SSSR count). The Morgan fingerprint density at radius 3 is 2.29 bits per heavy atom. The highest BCUT2D eigenvalue weighted by Gasteiger charge is 2.36. The van der Waals surface area contributed by atoms with Gasteiger partial charge in [-0.1, -0.05) is 57.7 Å². The predicted octanol–water partition coefficient (Wildman–Crippen LogP) is 5.99. The molecule has 109 valence electrons. The summed E-state index contributed by atoms with van der Waals surface area (Å²) < 4.78 is 0. The van der Waals surface area contributed by atoms with Gasteiger partial charge >= 0.3 is 0 Å². The summed E-state index contributed by atoms with van der Waals surface area (Å²) in [5.74, 6) is 0. The maximum atomic E-state index is 3.15. The molecule has 0 bridgehead atoms. The highest BCUT2D eigenvalue weighted by Crippen LogP contribution is 2.47. The van der Waals surface area contributed by atoms with Crippen LogP contribution in [0.25, 0.3) is 0 Å². The van der Waals surface area contributed by atoms with Crippen LogP contribution in [0.15, 0.2) is 52.3 Å². The van der Waals surface area contributed by atoms with Crippen molar-refractivity contribution in [1.29, 1.82) is 0 Å². The van der Waals surface area contributed by atoms with Crippen molar-refractivity contribution >= 4 is 11.8 Å². The molecule has 0 saturated carbocycles. The summed E-state index contributed by atoms with van der Waals surface area (Å²) in [5.41, 5.74) is 3.64. The Morgan fingerprint density at radius 1 is 0.905 bits per heavy atom. The molecule has 0 unspecified atom stereocenters. The number of fused-ring (bicyclic) bond motifs is 1. The Labute approximate surface area is 133 Å². The maximum absolute atomic E-state index is 3.15. The highest BCUT2D eigenvalue weighted by molar-refractivity contribution is 7.99. The lowest BCUT2D eigenvalue weighted by molar-refractivity contribution is 0.331. The van der Waals surface area contributed by atoms with Crippen molar-refractivity contribution in [3.63, 3.8) is 0 Å². The first kappa shape index (κ1) is 14.7. The molecule has 0 spiro atoms. The van der Waals surface area contributed by atoms with Crippen molar-refractivity contribution in [2.24, 2.45) is 0 Å². The molecule has 0 heterocycles. The molecule has 2 aromatic rings. The minimum absolute atomic E-state index is 0.282. The molecule has 0 N–H and O–H groups in total. The van der Waals surface area contributed by atoms with Crippen LogP contribution in [0.5, 0.6) is 0 Å². The monoisotopic (exact) mass is 295 g/mol. The maximum Gasteiger partial charge on any atom is 0.0128 e. The van der Waals surface area contributed by atoms with Gasteiger partial charge in [0.1, 0.15) is 0 Å². The smallest absolute Gasteiger partial charge is 0.0128 e. The van der Waals surface area contributed by atoms with Crippen molar-refractivity contribution in [1.82, 2.24) is 0 Å². The molecule has 21 heavy (non-hydrogen) atoms. The van der Waals surface area contributed by atoms with E-state index < -0.39 is 0 Å². The standard InChI is InChI=1S/C20H23S/c1-19(2)12-13-20(3,4)18-14-16(10-11-17(18)19)21-15-8-6-5-7-9-15/h5-6,8-11,14H,12-13H2,1-4H3. The molecule has 2 aromatic carbocycles. The second-order valence-corrected chi connectivity index (χ2v) is 8.46. The lowest BCUT2D eigenvalue weighted by atomic mass is 9.63. The molecule has 1 heteroatoms. The van der Waals surface area contributed by atoms with Gasteiger partial charge in [0.05, 0.1) is 0 Å². The van der Waals surface area contributed by atoms with Crippen LogP contribution in [0, 0.1) is 6.07 Å². The third kappa shape index (κ3) is 2.89. The zero-order valence-corrected chi connectivity index (χ0v) is 14.2. The number of benzene rings is 2. The third-order valence-electron chi connectivity index (χ3n) is 4.74. The van der Waals surface area contributed by atoms with Gasteiger partial charge in [0.15, 0.2) is 0 Å². The van der Waals surface area contributed by atoms with E-state index in [4.69, 9.17) is 0 Å². The summed E-state index contributed by atoms with van der Waals surface area (Å²) in [7, 11) is 0. The van der Waals surface area contributed by atoms with E-state index in [0.717, 1.165) is 0 Å². The van der Waals surface area contributed by atoms with Crippen molar-refractivity contribution in [3.8, 4) is 0 Å². The lowest BCUT2D eigenvalue weighted by Crippen LogP contribution is -2.33. The Kier molecular flexibility index (Phi) is 3.65. The Bertz CT molecular complexity index is 638. The van der Waals surface area contributed by atoms with Crippen molar-refractivity contribution < 1.29 is 0 Å². The largest absolute Gasteiger partial charge is 0.0901 e. The van der Waals surface area contributed by atoms with Crippen molar-refractivity contribution in [2.45, 2.75) is 61.2 Å². The third-order valence-corrected chi connectivity index (χ3v) is 5.72. The van der Waals surface area contributed by atoms with Gasteiger partial charge in [-0.25, -0.2) is 0 Å². The van der Waals surface area contributed by atoms with Gasteiger partial charge < -0.3 is 0 Å². The van der Waals surface area contributed by atoms with E-state index in [2.05, 4.69) is 64.1 Å². The van der Waals surface area contributed by atoms with Gasteiger partial charge in [-0.2, -0.15) is 0 Å². The van der Waals surface area contributed by atoms with E-state index >= 15 is 0 Å². The summed E-state index contributed by atoms with van der Waals surface area (Å²) >= 11 is 1.83. The van der Waals surface area contributed by atoms with Gasteiger partial charge in [-0.15, -0.1) is 0 Å². The van der Waals surface area contributed by atoms with Gasteiger partial charge in [-0.05, 0) is 65.1 Å². The number of rotatable bonds is 2. The minimum atomic E-state index is 0.282. The lowest BCUT2D eigenvalue weighted by Gasteiger charge is -2.42. The van der Waals surface area contributed by atoms with Gasteiger partial charge in [0.2, 0.25) is 0 Å². The molecule has 1 aliphatic carbocycles. The van der Waals surface area contributed by atoms with Crippen LogP contribution in [-0.4, -0.2) is 0 Å². The first-order valence-corrected chi connectivity index (χ1v) is 8.49. The fourth-order valence-corrected chi connectivity index (χ4v) is 4.07. The summed E-state index contributed by atoms with van der Waals surface area (Å²) in [5, 5.41) is 0. The second-order valence-electron chi connectivity index (χ2n) is 7.32. The van der Waals surface area contributed by atoms with Crippen molar-refractivity contribution in [2.75, 3.05) is 0 Å². The summed E-state index contributed by atoms with van der Waals surface area (Å²) in [4.78, 5) is 2.59. The van der Waals surface area contributed by atoms with E-state index in [-0.39, 0.29) is 5.41 Å². The van der Waals surface area contributed by atoms with Crippen LogP contribution in [0.3, 0.4) is 0 Å². The molecule has 0 aromatic heterocycles. The average molecular weight is 295 g/mol. The van der Waals surface area contributed by atoms with Crippen LogP contribution in [0.4, 0.5) is 0 Å². The molecule has 0 saturated heterocycles. The molecule has 0 amide bonds. The predicted molar refractivity (Wildman–Crippen MR) is 91.1 cm³/mol. The van der Waals surface area contributed by atoms with E-state index in [9.17, 15) is 0 Å². The van der Waals surface area contributed by atoms with E-state index in [1.807, 2.05) is 23.9 Å². The molecular formula is C20H23S. The Balaban J connectivity index is 2.00. The SMILES string of the molecule is CC1(C)CCC(C)(C)c2cc(Sc3c[c]ccc3)ccc21. The fraction of sp³-hybridized carbons (Fsp3) is 0.400. The summed E-state index contributed by atoms with van der Waals surface area (Å²) in [6.45, 7) is 9.51. The highest BCUT2D eigenvalue weighted by atomic mass is 32.2. The topological polar surface area (TPSA) is 0 Å². The molecule has 0 atom stereocenters. The number of hydrogen-bond acceptors (Lipinski definition) is 1. The summed E-state index contributed by atoms with van der Waals surface area (Å²) in [6, 6.07) is 18.4. The molecule has 0 nitrogen and oxygen atoms in total. The van der Waals surface area contributed by atoms with E-state index in [0.29, 0.717) is 5.41 Å².